The van der Waals surface area contributed by atoms with Gasteiger partial charge in [0.25, 0.3) is 0 Å². The molecule has 0 fully saturated rings. The Morgan fingerprint density at radius 3 is 2.05 bits per heavy atom. The smallest absolute Gasteiger partial charge is 0.00230 e. The summed E-state index contributed by atoms with van der Waals surface area (Å²) < 4.78 is 0. The van der Waals surface area contributed by atoms with Crippen LogP contribution in [0.1, 0.15) is 22.3 Å². The summed E-state index contributed by atoms with van der Waals surface area (Å²) in [7, 11) is 0. The van der Waals surface area contributed by atoms with Gasteiger partial charge in [0.15, 0.2) is 0 Å². The maximum atomic E-state index is 2.29. The highest BCUT2D eigenvalue weighted by Gasteiger charge is 2.02. The second kappa shape index (κ2) is 5.97. The average molecular weight is 272 g/mol. The van der Waals surface area contributed by atoms with Crippen LogP contribution in [0, 0.1) is 13.8 Å². The highest BCUT2D eigenvalue weighted by atomic mass is 14.1. The quantitative estimate of drug-likeness (QED) is 0.585. The zero-order chi connectivity index (χ0) is 14.7. The SMILES string of the molecule is Cc1ccc(C)c(Cc2ccc(-c3ccccc3)cc2)c1. The van der Waals surface area contributed by atoms with E-state index in [1.165, 1.54) is 33.4 Å². The number of hydrogen-bond acceptors (Lipinski definition) is 0. The maximum absolute atomic E-state index is 2.29. The molecule has 104 valence electrons. The lowest BCUT2D eigenvalue weighted by atomic mass is 9.97. The van der Waals surface area contributed by atoms with Gasteiger partial charge in [0.1, 0.15) is 0 Å². The van der Waals surface area contributed by atoms with Gasteiger partial charge in [-0.25, -0.2) is 0 Å². The Balaban J connectivity index is 1.83. The summed E-state index contributed by atoms with van der Waals surface area (Å²) in [5.41, 5.74) is 8.03. The molecular weight excluding hydrogens is 252 g/mol. The van der Waals surface area contributed by atoms with Crippen molar-refractivity contribution in [3.05, 3.63) is 95.1 Å². The van der Waals surface area contributed by atoms with Gasteiger partial charge in [-0.15, -0.1) is 0 Å². The predicted octanol–water partition coefficient (Wildman–Crippen LogP) is 5.56. The van der Waals surface area contributed by atoms with Crippen LogP contribution in [-0.4, -0.2) is 0 Å². The summed E-state index contributed by atoms with van der Waals surface area (Å²) in [5, 5.41) is 0. The van der Waals surface area contributed by atoms with Crippen molar-refractivity contribution in [1.82, 2.24) is 0 Å². The van der Waals surface area contributed by atoms with Crippen molar-refractivity contribution in [2.75, 3.05) is 0 Å². The molecule has 3 rings (SSSR count). The van der Waals surface area contributed by atoms with Gasteiger partial charge in [-0.1, -0.05) is 78.4 Å². The van der Waals surface area contributed by atoms with E-state index in [1.54, 1.807) is 0 Å². The zero-order valence-electron chi connectivity index (χ0n) is 12.6. The van der Waals surface area contributed by atoms with E-state index in [4.69, 9.17) is 0 Å². The second-order valence-corrected chi connectivity index (χ2v) is 5.67. The molecule has 0 saturated carbocycles. The molecule has 0 aliphatic rings. The molecule has 0 nitrogen and oxygen atoms in total. The molecule has 0 atom stereocenters. The Morgan fingerprint density at radius 1 is 0.667 bits per heavy atom. The first-order valence-corrected chi connectivity index (χ1v) is 7.43. The largest absolute Gasteiger partial charge is 0.0622 e. The summed E-state index contributed by atoms with van der Waals surface area (Å²) in [5.74, 6) is 0. The number of rotatable bonds is 3. The highest BCUT2D eigenvalue weighted by Crippen LogP contribution is 2.21. The highest BCUT2D eigenvalue weighted by molar-refractivity contribution is 5.63. The van der Waals surface area contributed by atoms with E-state index in [2.05, 4.69) is 86.6 Å². The first-order valence-electron chi connectivity index (χ1n) is 7.43. The van der Waals surface area contributed by atoms with E-state index in [0.29, 0.717) is 0 Å². The number of aryl methyl sites for hydroxylation is 2. The van der Waals surface area contributed by atoms with Crippen molar-refractivity contribution < 1.29 is 0 Å². The maximum Gasteiger partial charge on any atom is -0.00230 e. The Hall–Kier alpha value is -2.34. The molecular formula is C21H20. The minimum atomic E-state index is 1.00. The Labute approximate surface area is 127 Å². The summed E-state index contributed by atoms with van der Waals surface area (Å²) in [4.78, 5) is 0. The van der Waals surface area contributed by atoms with Crippen LogP contribution in [0.2, 0.25) is 0 Å². The molecule has 0 amide bonds. The van der Waals surface area contributed by atoms with Gasteiger partial charge >= 0.3 is 0 Å². The molecule has 0 N–H and O–H groups in total. The molecule has 0 aromatic heterocycles. The lowest BCUT2D eigenvalue weighted by Crippen LogP contribution is -1.92. The fraction of sp³-hybridized carbons (Fsp3) is 0.143. The van der Waals surface area contributed by atoms with Gasteiger partial charge in [-0.3, -0.25) is 0 Å². The predicted molar refractivity (Wildman–Crippen MR) is 90.6 cm³/mol. The summed E-state index contributed by atoms with van der Waals surface area (Å²) in [6.45, 7) is 4.34. The molecule has 0 radical (unpaired) electrons. The van der Waals surface area contributed by atoms with Gasteiger partial charge in [0.05, 0.1) is 0 Å². The second-order valence-electron chi connectivity index (χ2n) is 5.67. The van der Waals surface area contributed by atoms with Crippen LogP contribution < -0.4 is 0 Å². The van der Waals surface area contributed by atoms with Crippen LogP contribution in [0.3, 0.4) is 0 Å². The molecule has 3 aromatic rings. The molecule has 0 saturated heterocycles. The van der Waals surface area contributed by atoms with Crippen LogP contribution >= 0.6 is 0 Å². The number of benzene rings is 3. The van der Waals surface area contributed by atoms with E-state index in [0.717, 1.165) is 6.42 Å². The van der Waals surface area contributed by atoms with Gasteiger partial charge in [-0.05, 0) is 48.1 Å². The first-order chi connectivity index (χ1) is 10.2. The van der Waals surface area contributed by atoms with Crippen LogP contribution in [0.4, 0.5) is 0 Å². The fourth-order valence-corrected chi connectivity index (χ4v) is 2.66. The summed E-state index contributed by atoms with van der Waals surface area (Å²) >= 11 is 0. The normalized spacial score (nSPS) is 10.6. The van der Waals surface area contributed by atoms with E-state index < -0.39 is 0 Å². The van der Waals surface area contributed by atoms with Gasteiger partial charge < -0.3 is 0 Å². The van der Waals surface area contributed by atoms with Crippen LogP contribution in [0.15, 0.2) is 72.8 Å². The van der Waals surface area contributed by atoms with Crippen molar-refractivity contribution in [3.8, 4) is 11.1 Å². The van der Waals surface area contributed by atoms with E-state index in [1.807, 2.05) is 0 Å². The monoisotopic (exact) mass is 272 g/mol. The molecule has 0 aliphatic carbocycles. The minimum Gasteiger partial charge on any atom is -0.0622 e. The van der Waals surface area contributed by atoms with Crippen LogP contribution in [0.25, 0.3) is 11.1 Å². The third-order valence-corrected chi connectivity index (χ3v) is 3.96. The van der Waals surface area contributed by atoms with Gasteiger partial charge in [0, 0.05) is 0 Å². The Bertz CT molecular complexity index is 722. The molecule has 0 unspecified atom stereocenters. The molecule has 0 spiro atoms. The average Bonchev–Trinajstić information content (AvgIpc) is 2.53. The molecule has 0 aliphatic heterocycles. The van der Waals surface area contributed by atoms with E-state index in [9.17, 15) is 0 Å². The summed E-state index contributed by atoms with van der Waals surface area (Å²) in [6.07, 6.45) is 1.00. The molecule has 0 heterocycles. The van der Waals surface area contributed by atoms with Crippen molar-refractivity contribution in [3.63, 3.8) is 0 Å². The molecule has 0 bridgehead atoms. The number of hydrogen-bond donors (Lipinski definition) is 0. The third-order valence-electron chi connectivity index (χ3n) is 3.96. The standard InChI is InChI=1S/C21H20/c1-16-8-9-17(2)21(14-16)15-18-10-12-20(13-11-18)19-6-4-3-5-7-19/h3-14H,15H2,1-2H3. The lowest BCUT2D eigenvalue weighted by molar-refractivity contribution is 1.15. The van der Waals surface area contributed by atoms with Crippen molar-refractivity contribution in [2.45, 2.75) is 20.3 Å². The molecule has 0 heteroatoms. The van der Waals surface area contributed by atoms with Gasteiger partial charge in [0.2, 0.25) is 0 Å². The van der Waals surface area contributed by atoms with Crippen LogP contribution in [-0.2, 0) is 6.42 Å². The van der Waals surface area contributed by atoms with E-state index >= 15 is 0 Å². The minimum absolute atomic E-state index is 1.00. The zero-order valence-corrected chi connectivity index (χ0v) is 12.6. The summed E-state index contributed by atoms with van der Waals surface area (Å²) in [6, 6.07) is 26.1. The molecule has 3 aromatic carbocycles. The Kier molecular flexibility index (Phi) is 3.87. The van der Waals surface area contributed by atoms with Crippen LogP contribution in [0.5, 0.6) is 0 Å². The van der Waals surface area contributed by atoms with Gasteiger partial charge in [-0.2, -0.15) is 0 Å². The van der Waals surface area contributed by atoms with Crippen molar-refractivity contribution >= 4 is 0 Å². The fourth-order valence-electron chi connectivity index (χ4n) is 2.66. The van der Waals surface area contributed by atoms with Crippen molar-refractivity contribution in [1.29, 1.82) is 0 Å². The lowest BCUT2D eigenvalue weighted by Gasteiger charge is -2.08. The van der Waals surface area contributed by atoms with Crippen molar-refractivity contribution in [2.24, 2.45) is 0 Å². The topological polar surface area (TPSA) is 0 Å². The van der Waals surface area contributed by atoms with E-state index in [-0.39, 0.29) is 0 Å². The third kappa shape index (κ3) is 3.22. The Morgan fingerprint density at radius 2 is 1.33 bits per heavy atom. The molecule has 21 heavy (non-hydrogen) atoms. The first kappa shape index (κ1) is 13.6.